The molecule has 2 saturated carbocycles. The Labute approximate surface area is 254 Å². The van der Waals surface area contributed by atoms with E-state index in [1.807, 2.05) is 19.0 Å². The highest BCUT2D eigenvalue weighted by molar-refractivity contribution is 6.32. The molecule has 2 unspecified atom stereocenters. The number of ketones is 4. The number of benzene rings is 2. The fourth-order valence-electron chi connectivity index (χ4n) is 7.17. The Balaban J connectivity index is 1.52. The van der Waals surface area contributed by atoms with Gasteiger partial charge < -0.3 is 26.2 Å². The van der Waals surface area contributed by atoms with E-state index in [0.29, 0.717) is 35.3 Å². The Hall–Kier alpha value is -4.26. The van der Waals surface area contributed by atoms with Gasteiger partial charge >= 0.3 is 0 Å². The lowest BCUT2D eigenvalue weighted by molar-refractivity contribution is -0.181. The predicted octanol–water partition coefficient (Wildman–Crippen LogP) is -0.175. The quantitative estimate of drug-likeness (QED) is 0.309. The lowest BCUT2D eigenvalue weighted by Gasteiger charge is -2.52. The molecule has 12 heteroatoms. The van der Waals surface area contributed by atoms with Gasteiger partial charge in [0.1, 0.15) is 5.75 Å². The second-order valence-corrected chi connectivity index (χ2v) is 12.4. The first-order valence-electron chi connectivity index (χ1n) is 14.4. The molecule has 12 nitrogen and oxygen atoms in total. The van der Waals surface area contributed by atoms with Gasteiger partial charge in [0.15, 0.2) is 34.7 Å². The van der Waals surface area contributed by atoms with E-state index in [2.05, 4.69) is 5.32 Å². The summed E-state index contributed by atoms with van der Waals surface area (Å²) < 4.78 is 0. The molecule has 0 radical (unpaired) electrons. The minimum Gasteiger partial charge on any atom is -0.507 e. The van der Waals surface area contributed by atoms with Crippen molar-refractivity contribution in [3.8, 4) is 16.9 Å². The van der Waals surface area contributed by atoms with E-state index in [9.17, 15) is 39.0 Å². The maximum atomic E-state index is 14.0. The molecule has 5 rings (SSSR count). The van der Waals surface area contributed by atoms with E-state index < -0.39 is 64.4 Å². The van der Waals surface area contributed by atoms with Gasteiger partial charge in [0, 0.05) is 24.6 Å². The lowest BCUT2D eigenvalue weighted by atomic mass is 9.52. The van der Waals surface area contributed by atoms with Crippen LogP contribution in [0.2, 0.25) is 0 Å². The number of rotatable bonds is 7. The number of likely N-dealkylation sites (N-methyl/N-ethyl adjacent to an activating group) is 2. The molecule has 0 aliphatic heterocycles. The van der Waals surface area contributed by atoms with Crippen molar-refractivity contribution in [1.82, 2.24) is 15.1 Å². The van der Waals surface area contributed by atoms with E-state index in [1.165, 1.54) is 25.1 Å². The molecule has 0 saturated heterocycles. The van der Waals surface area contributed by atoms with Gasteiger partial charge in [0.25, 0.3) is 5.91 Å². The monoisotopic (exact) mass is 604 g/mol. The zero-order chi connectivity index (χ0) is 32.2. The second-order valence-electron chi connectivity index (χ2n) is 12.4. The van der Waals surface area contributed by atoms with Crippen LogP contribution in [0.4, 0.5) is 0 Å². The van der Waals surface area contributed by atoms with Crippen molar-refractivity contribution < 1.29 is 39.0 Å². The molecular weight excluding hydrogens is 568 g/mol. The lowest BCUT2D eigenvalue weighted by Crippen LogP contribution is -2.74. The number of hydrogen-bond acceptors (Lipinski definition) is 10. The van der Waals surface area contributed by atoms with Crippen LogP contribution < -0.4 is 11.1 Å². The molecule has 3 aliphatic carbocycles. The number of primary amides is 1. The number of hydrogen-bond donors (Lipinski definition) is 4. The fourth-order valence-corrected chi connectivity index (χ4v) is 7.17. The molecule has 0 heterocycles. The molecule has 2 aromatic carbocycles. The van der Waals surface area contributed by atoms with Crippen molar-refractivity contribution >= 4 is 34.9 Å². The van der Waals surface area contributed by atoms with Crippen molar-refractivity contribution in [1.29, 1.82) is 0 Å². The second kappa shape index (κ2) is 11.3. The van der Waals surface area contributed by atoms with Crippen LogP contribution in [0.5, 0.6) is 5.75 Å². The largest absolute Gasteiger partial charge is 0.507 e. The van der Waals surface area contributed by atoms with Gasteiger partial charge in [0.2, 0.25) is 5.91 Å². The molecule has 44 heavy (non-hydrogen) atoms. The molecule has 2 amide bonds. The number of aliphatic hydroxyl groups is 1. The Morgan fingerprint density at radius 2 is 1.66 bits per heavy atom. The van der Waals surface area contributed by atoms with E-state index >= 15 is 0 Å². The Bertz CT molecular complexity index is 1580. The molecule has 232 valence electrons. The molecule has 0 bridgehead atoms. The molecule has 2 fully saturated rings. The number of amides is 2. The minimum atomic E-state index is -2.77. The van der Waals surface area contributed by atoms with Gasteiger partial charge in [-0.3, -0.25) is 33.7 Å². The number of aromatic hydroxyl groups is 1. The van der Waals surface area contributed by atoms with Crippen LogP contribution in [-0.2, 0) is 25.6 Å². The highest BCUT2D eigenvalue weighted by Gasteiger charge is 2.69. The Kier molecular flexibility index (Phi) is 8.04. The summed E-state index contributed by atoms with van der Waals surface area (Å²) >= 11 is 0. The van der Waals surface area contributed by atoms with Gasteiger partial charge in [-0.2, -0.15) is 0 Å². The number of nitrogens with one attached hydrogen (secondary N) is 1. The Morgan fingerprint density at radius 3 is 2.25 bits per heavy atom. The zero-order valence-electron chi connectivity index (χ0n) is 25.0. The van der Waals surface area contributed by atoms with Crippen LogP contribution in [0, 0.1) is 23.7 Å². The molecular formula is C32H36N4O8. The summed E-state index contributed by atoms with van der Waals surface area (Å²) in [6, 6.07) is 8.62. The van der Waals surface area contributed by atoms with Crippen LogP contribution in [0.15, 0.2) is 36.4 Å². The normalized spacial score (nSPS) is 28.0. The first kappa shape index (κ1) is 31.2. The number of phenols is 1. The summed E-state index contributed by atoms with van der Waals surface area (Å²) in [7, 11) is 6.89. The summed E-state index contributed by atoms with van der Waals surface area (Å²) in [5.41, 5.74) is 4.74. The van der Waals surface area contributed by atoms with Crippen LogP contribution in [0.1, 0.15) is 32.7 Å². The molecule has 6 atom stereocenters. The summed E-state index contributed by atoms with van der Waals surface area (Å²) in [5.74, 6) is -11.2. The van der Waals surface area contributed by atoms with E-state index in [-0.39, 0.29) is 30.1 Å². The van der Waals surface area contributed by atoms with Crippen LogP contribution in [-0.4, -0.2) is 108 Å². The zero-order valence-corrected chi connectivity index (χ0v) is 25.0. The van der Waals surface area contributed by atoms with Crippen molar-refractivity contribution in [3.05, 3.63) is 53.1 Å². The first-order valence-corrected chi connectivity index (χ1v) is 14.4. The summed E-state index contributed by atoms with van der Waals surface area (Å²) in [5, 5.41) is 25.4. The van der Waals surface area contributed by atoms with Gasteiger partial charge in [-0.25, -0.2) is 0 Å². The SMILES string of the molecule is CN(C)CCNC(=O)c1ccc(-c2ccc(O)c3c2C[C@@H]2C[C@@H]4[C@@H](N(C)C)C(=O)C(C(N)=O)C(=O)[C@]4(O)C(=O)C2C3=O)cc1. The average Bonchev–Trinajstić information content (AvgIpc) is 2.94. The van der Waals surface area contributed by atoms with Crippen LogP contribution in [0.3, 0.4) is 0 Å². The van der Waals surface area contributed by atoms with Crippen LogP contribution in [0.25, 0.3) is 11.1 Å². The fraction of sp³-hybridized carbons (Fsp3) is 0.438. The summed E-state index contributed by atoms with van der Waals surface area (Å²) in [6.45, 7) is 1.16. The molecule has 0 aromatic heterocycles. The maximum absolute atomic E-state index is 14.0. The molecule has 5 N–H and O–H groups in total. The molecule has 3 aliphatic rings. The van der Waals surface area contributed by atoms with Crippen molar-refractivity contribution in [2.45, 2.75) is 24.5 Å². The molecule has 2 aromatic rings. The number of carbonyl (C=O) groups is 6. The van der Waals surface area contributed by atoms with Crippen molar-refractivity contribution in [2.75, 3.05) is 41.3 Å². The summed E-state index contributed by atoms with van der Waals surface area (Å²) in [4.78, 5) is 82.7. The van der Waals surface area contributed by atoms with E-state index in [4.69, 9.17) is 5.73 Å². The number of fused-ring (bicyclic) bond motifs is 3. The highest BCUT2D eigenvalue weighted by atomic mass is 16.3. The predicted molar refractivity (Wildman–Crippen MR) is 158 cm³/mol. The van der Waals surface area contributed by atoms with E-state index in [0.717, 1.165) is 0 Å². The smallest absolute Gasteiger partial charge is 0.251 e. The van der Waals surface area contributed by atoms with Crippen LogP contribution >= 0.6 is 0 Å². The van der Waals surface area contributed by atoms with Gasteiger partial charge in [-0.1, -0.05) is 18.2 Å². The first-order chi connectivity index (χ1) is 20.7. The third-order valence-corrected chi connectivity index (χ3v) is 9.25. The molecule has 0 spiro atoms. The number of Topliss-reactive ketones (excluding diaryl/α,β-unsaturated/α-hetero) is 4. The van der Waals surface area contributed by atoms with Crippen molar-refractivity contribution in [3.63, 3.8) is 0 Å². The maximum Gasteiger partial charge on any atom is 0.251 e. The number of nitrogens with two attached hydrogens (primary N) is 1. The highest BCUT2D eigenvalue weighted by Crippen LogP contribution is 2.51. The third-order valence-electron chi connectivity index (χ3n) is 9.25. The topological polar surface area (TPSA) is 187 Å². The average molecular weight is 605 g/mol. The minimum absolute atomic E-state index is 0.0367. The van der Waals surface area contributed by atoms with E-state index in [1.54, 1.807) is 30.3 Å². The third kappa shape index (κ3) is 4.83. The van der Waals surface area contributed by atoms with Crippen molar-refractivity contribution in [2.24, 2.45) is 29.4 Å². The summed E-state index contributed by atoms with van der Waals surface area (Å²) in [6.07, 6.45) is 0.105. The van der Waals surface area contributed by atoms with Gasteiger partial charge in [0.05, 0.1) is 17.5 Å². The number of phenolic OH excluding ortho intramolecular Hbond substituents is 1. The Morgan fingerprint density at radius 1 is 1.00 bits per heavy atom. The van der Waals surface area contributed by atoms with Gasteiger partial charge in [-0.05, 0) is 81.8 Å². The van der Waals surface area contributed by atoms with Gasteiger partial charge in [-0.15, -0.1) is 0 Å². The number of nitrogens with zero attached hydrogens (tertiary/aromatic N) is 2. The standard InChI is InChI=1S/C32H36N4O8/c1-35(2)12-11-34-31(43)16-7-5-15(6-8-16)18-9-10-21(37)23-19(18)13-17-14-20-25(36(3)4)27(39)24(30(33)42)29(41)32(20,44)28(40)22(17)26(23)38/h5-10,17,20,22,24-25,37,44H,11-14H2,1-4H3,(H2,33,42)(H,34,43)/t17-,20-,22?,24?,25-,32-/m1/s1. The number of carbonyl (C=O) groups excluding carboxylic acids is 6.